The van der Waals surface area contributed by atoms with Crippen LogP contribution in [0.1, 0.15) is 71.1 Å². The number of imide groups is 1. The molecule has 2 saturated carbocycles. The number of nitrogens with one attached hydrogen (secondary N) is 2. The van der Waals surface area contributed by atoms with E-state index in [4.69, 9.17) is 0 Å². The molecule has 23 heavy (non-hydrogen) atoms. The van der Waals surface area contributed by atoms with Gasteiger partial charge in [0.2, 0.25) is 5.91 Å². The van der Waals surface area contributed by atoms with Gasteiger partial charge in [-0.3, -0.25) is 15.0 Å². The molecule has 128 valence electrons. The molecular weight excluding hydrogens is 294 g/mol. The van der Waals surface area contributed by atoms with Crippen molar-refractivity contribution in [1.82, 2.24) is 15.8 Å². The van der Waals surface area contributed by atoms with Crippen molar-refractivity contribution in [1.29, 1.82) is 0 Å². The lowest BCUT2D eigenvalue weighted by Crippen LogP contribution is -2.51. The van der Waals surface area contributed by atoms with Crippen molar-refractivity contribution in [2.45, 2.75) is 76.7 Å². The molecule has 3 aliphatic rings. The summed E-state index contributed by atoms with van der Waals surface area (Å²) in [5, 5.41) is 3.72. The fourth-order valence-electron chi connectivity index (χ4n) is 4.13. The molecule has 1 heterocycles. The van der Waals surface area contributed by atoms with Crippen molar-refractivity contribution in [2.75, 3.05) is 0 Å². The quantitative estimate of drug-likeness (QED) is 0.781. The van der Waals surface area contributed by atoms with Gasteiger partial charge < -0.3 is 5.32 Å². The smallest absolute Gasteiger partial charge is 0.322 e. The number of carbonyl (C=O) groups excluding carboxylic acids is 3. The van der Waals surface area contributed by atoms with Gasteiger partial charge in [-0.05, 0) is 43.9 Å². The second kappa shape index (κ2) is 6.49. The van der Waals surface area contributed by atoms with E-state index in [0.717, 1.165) is 24.3 Å². The van der Waals surface area contributed by atoms with Crippen LogP contribution in [-0.2, 0) is 9.59 Å². The fraction of sp³-hybridized carbons (Fsp3) is 0.824. The molecule has 6 heteroatoms. The zero-order valence-electron chi connectivity index (χ0n) is 13.9. The van der Waals surface area contributed by atoms with Crippen LogP contribution in [0.3, 0.4) is 0 Å². The van der Waals surface area contributed by atoms with E-state index in [0.29, 0.717) is 31.1 Å². The van der Waals surface area contributed by atoms with E-state index in [-0.39, 0.29) is 11.8 Å². The maximum atomic E-state index is 12.6. The summed E-state index contributed by atoms with van der Waals surface area (Å²) in [6.45, 7) is 2.16. The maximum absolute atomic E-state index is 12.6. The highest BCUT2D eigenvalue weighted by Gasteiger charge is 2.52. The van der Waals surface area contributed by atoms with Gasteiger partial charge in [0.1, 0.15) is 5.54 Å². The Kier molecular flexibility index (Phi) is 4.60. The summed E-state index contributed by atoms with van der Waals surface area (Å²) in [6, 6.07) is -0.487. The number of hydrazine groups is 1. The summed E-state index contributed by atoms with van der Waals surface area (Å²) in [7, 11) is 0. The van der Waals surface area contributed by atoms with Crippen LogP contribution in [0.4, 0.5) is 4.79 Å². The first-order valence-electron chi connectivity index (χ1n) is 8.96. The summed E-state index contributed by atoms with van der Waals surface area (Å²) in [4.78, 5) is 36.8. The molecule has 0 aromatic carbocycles. The normalized spacial score (nSPS) is 31.7. The van der Waals surface area contributed by atoms with E-state index in [1.54, 1.807) is 0 Å². The Morgan fingerprint density at radius 2 is 1.87 bits per heavy atom. The van der Waals surface area contributed by atoms with Crippen molar-refractivity contribution in [3.63, 3.8) is 0 Å². The number of carbonyl (C=O) groups is 3. The molecule has 2 aliphatic carbocycles. The first kappa shape index (κ1) is 16.3. The highest BCUT2D eigenvalue weighted by atomic mass is 16.2. The molecule has 4 amide bonds. The maximum Gasteiger partial charge on any atom is 0.344 e. The van der Waals surface area contributed by atoms with Crippen LogP contribution in [0.5, 0.6) is 0 Å². The van der Waals surface area contributed by atoms with Crippen molar-refractivity contribution in [2.24, 2.45) is 11.8 Å². The van der Waals surface area contributed by atoms with Gasteiger partial charge in [-0.15, -0.1) is 0 Å². The Labute approximate surface area is 137 Å². The Bertz CT molecular complexity index is 491. The van der Waals surface area contributed by atoms with Crippen molar-refractivity contribution in [3.05, 3.63) is 0 Å². The molecule has 0 aromatic rings. The van der Waals surface area contributed by atoms with Crippen molar-refractivity contribution >= 4 is 17.8 Å². The zero-order chi connectivity index (χ0) is 16.4. The highest BCUT2D eigenvalue weighted by Crippen LogP contribution is 2.35. The van der Waals surface area contributed by atoms with Gasteiger partial charge in [0.05, 0.1) is 0 Å². The first-order chi connectivity index (χ1) is 11.0. The summed E-state index contributed by atoms with van der Waals surface area (Å²) in [5.74, 6) is 0.681. The predicted octanol–water partition coefficient (Wildman–Crippen LogP) is 2.49. The van der Waals surface area contributed by atoms with Gasteiger partial charge in [-0.2, -0.15) is 5.01 Å². The molecule has 0 unspecified atom stereocenters. The Morgan fingerprint density at radius 3 is 2.52 bits per heavy atom. The van der Waals surface area contributed by atoms with Crippen LogP contribution in [0.25, 0.3) is 0 Å². The highest BCUT2D eigenvalue weighted by molar-refractivity contribution is 6.08. The van der Waals surface area contributed by atoms with Gasteiger partial charge in [0, 0.05) is 6.42 Å². The van der Waals surface area contributed by atoms with Gasteiger partial charge in [-0.1, -0.05) is 32.6 Å². The number of hydrogen-bond acceptors (Lipinski definition) is 3. The molecule has 1 spiro atoms. The van der Waals surface area contributed by atoms with E-state index < -0.39 is 11.6 Å². The SMILES string of the molecule is CC1CCC2(CC1)NC(=O)N(NC(=O)CCC1CCCC1)C2=O. The summed E-state index contributed by atoms with van der Waals surface area (Å²) in [6.07, 6.45) is 9.28. The minimum atomic E-state index is -0.789. The molecular formula is C17H27N3O3. The van der Waals surface area contributed by atoms with Crippen LogP contribution in [0.15, 0.2) is 0 Å². The Balaban J connectivity index is 1.54. The van der Waals surface area contributed by atoms with E-state index in [2.05, 4.69) is 17.7 Å². The number of rotatable bonds is 4. The van der Waals surface area contributed by atoms with E-state index in [1.807, 2.05) is 0 Å². The third-order valence-corrected chi connectivity index (χ3v) is 5.78. The van der Waals surface area contributed by atoms with E-state index >= 15 is 0 Å². The molecule has 3 rings (SSSR count). The number of nitrogens with zero attached hydrogens (tertiary/aromatic N) is 1. The minimum absolute atomic E-state index is 0.235. The van der Waals surface area contributed by atoms with Gasteiger partial charge in [-0.25, -0.2) is 4.79 Å². The molecule has 0 atom stereocenters. The summed E-state index contributed by atoms with van der Waals surface area (Å²) < 4.78 is 0. The molecule has 2 N–H and O–H groups in total. The lowest BCUT2D eigenvalue weighted by Gasteiger charge is -2.33. The molecule has 3 fully saturated rings. The lowest BCUT2D eigenvalue weighted by atomic mass is 9.77. The molecule has 6 nitrogen and oxygen atoms in total. The second-order valence-electron chi connectivity index (χ2n) is 7.56. The number of hydrogen-bond donors (Lipinski definition) is 2. The predicted molar refractivity (Wildman–Crippen MR) is 85.1 cm³/mol. The van der Waals surface area contributed by atoms with Crippen molar-refractivity contribution < 1.29 is 14.4 Å². The second-order valence-corrected chi connectivity index (χ2v) is 7.56. The van der Waals surface area contributed by atoms with Crippen LogP contribution < -0.4 is 10.7 Å². The average molecular weight is 321 g/mol. The van der Waals surface area contributed by atoms with Gasteiger partial charge >= 0.3 is 6.03 Å². The fourth-order valence-corrected chi connectivity index (χ4v) is 4.13. The van der Waals surface area contributed by atoms with Crippen LogP contribution in [0, 0.1) is 11.8 Å². The topological polar surface area (TPSA) is 78.5 Å². The largest absolute Gasteiger partial charge is 0.344 e. The monoisotopic (exact) mass is 321 g/mol. The average Bonchev–Trinajstić information content (AvgIpc) is 3.12. The standard InChI is InChI=1S/C17H27N3O3/c1-12-8-10-17(11-9-12)15(22)20(16(23)18-17)19-14(21)7-6-13-4-2-3-5-13/h12-13H,2-11H2,1H3,(H,18,23)(H,19,21). The third kappa shape index (κ3) is 3.35. The number of urea groups is 1. The lowest BCUT2D eigenvalue weighted by molar-refractivity contribution is -0.140. The molecule has 0 aromatic heterocycles. The Morgan fingerprint density at radius 1 is 1.22 bits per heavy atom. The Hall–Kier alpha value is -1.59. The van der Waals surface area contributed by atoms with Crippen LogP contribution >= 0.6 is 0 Å². The first-order valence-corrected chi connectivity index (χ1v) is 8.96. The zero-order valence-corrected chi connectivity index (χ0v) is 13.9. The molecule has 0 bridgehead atoms. The third-order valence-electron chi connectivity index (χ3n) is 5.78. The van der Waals surface area contributed by atoms with Gasteiger partial charge in [0.25, 0.3) is 5.91 Å². The molecule has 1 saturated heterocycles. The molecule has 0 radical (unpaired) electrons. The summed E-state index contributed by atoms with van der Waals surface area (Å²) >= 11 is 0. The number of amides is 4. The minimum Gasteiger partial charge on any atom is -0.322 e. The molecule has 1 aliphatic heterocycles. The van der Waals surface area contributed by atoms with Gasteiger partial charge in [0.15, 0.2) is 0 Å². The van der Waals surface area contributed by atoms with Crippen molar-refractivity contribution in [3.8, 4) is 0 Å². The van der Waals surface area contributed by atoms with Crippen LogP contribution in [0.2, 0.25) is 0 Å². The van der Waals surface area contributed by atoms with E-state index in [1.165, 1.54) is 25.7 Å². The summed E-state index contributed by atoms with van der Waals surface area (Å²) in [5.41, 5.74) is 1.73. The van der Waals surface area contributed by atoms with Crippen LogP contribution in [-0.4, -0.2) is 28.4 Å². The van der Waals surface area contributed by atoms with E-state index in [9.17, 15) is 14.4 Å².